The number of hydrogen-bond acceptors (Lipinski definition) is 8. The molecule has 1 rings (SSSR count). The molecule has 0 aliphatic carbocycles. The number of likely N-dealkylation sites (tertiary alicyclic amines) is 1. The maximum absolute atomic E-state index is 12.7. The van der Waals surface area contributed by atoms with Gasteiger partial charge < -0.3 is 41.7 Å². The molecule has 1 saturated heterocycles. The van der Waals surface area contributed by atoms with Crippen molar-refractivity contribution >= 4 is 41.6 Å². The van der Waals surface area contributed by atoms with E-state index in [1.807, 2.05) is 10.6 Å². The molecule has 15 nitrogen and oxygen atoms in total. The Balaban J connectivity index is 3.02. The molecule has 0 aromatic heterocycles. The lowest BCUT2D eigenvalue weighted by atomic mass is 10.1. The van der Waals surface area contributed by atoms with Gasteiger partial charge in [-0.2, -0.15) is 0 Å². The number of aliphatic carboxylic acids is 4. The lowest BCUT2D eigenvalue weighted by Crippen LogP contribution is -2.58. The van der Waals surface area contributed by atoms with E-state index in [2.05, 4.69) is 0 Å². The summed E-state index contributed by atoms with van der Waals surface area (Å²) in [6, 6.07) is -6.35. The van der Waals surface area contributed by atoms with E-state index in [1.54, 1.807) is 0 Å². The van der Waals surface area contributed by atoms with E-state index in [1.165, 1.54) is 0 Å². The molecule has 1 fully saturated rings. The minimum atomic E-state index is -1.81. The van der Waals surface area contributed by atoms with Crippen LogP contribution in [0.2, 0.25) is 0 Å². The van der Waals surface area contributed by atoms with Crippen LogP contribution in [0.4, 0.5) is 0 Å². The first-order chi connectivity index (χ1) is 14.8. The van der Waals surface area contributed by atoms with Crippen LogP contribution < -0.4 is 16.4 Å². The summed E-state index contributed by atoms with van der Waals surface area (Å²) in [4.78, 5) is 82.4. The molecule has 0 aromatic carbocycles. The predicted molar refractivity (Wildman–Crippen MR) is 101 cm³/mol. The smallest absolute Gasteiger partial charge is 0.326 e. The van der Waals surface area contributed by atoms with E-state index in [4.69, 9.17) is 21.1 Å². The van der Waals surface area contributed by atoms with Gasteiger partial charge in [0, 0.05) is 6.54 Å². The Morgan fingerprint density at radius 3 is 1.81 bits per heavy atom. The highest BCUT2D eigenvalue weighted by molar-refractivity contribution is 5.97. The van der Waals surface area contributed by atoms with Crippen LogP contribution in [0.5, 0.6) is 0 Å². The Morgan fingerprint density at radius 1 is 0.812 bits per heavy atom. The van der Waals surface area contributed by atoms with Gasteiger partial charge in [0.1, 0.15) is 18.1 Å². The Bertz CT molecular complexity index is 799. The fourth-order valence-corrected chi connectivity index (χ4v) is 3.08. The standard InChI is InChI=1S/C17H24N4O11/c18-7(4-11(22)23)14(28)19-8(5-12(24)25)15(29)20-9(6-13(26)27)16(30)21-3-1-2-10(21)17(31)32/h7-10H,1-6,18H2,(H,19,28)(H,20,29)(H,22,23)(H,24,25)(H,26,27)(H,31,32)/t7-,8-,9-,10-/m0/s1. The fourth-order valence-electron chi connectivity index (χ4n) is 3.08. The molecule has 0 aromatic rings. The molecule has 0 radical (unpaired) electrons. The molecule has 1 aliphatic rings. The van der Waals surface area contributed by atoms with E-state index < -0.39 is 85.0 Å². The molecule has 4 atom stereocenters. The van der Waals surface area contributed by atoms with Crippen molar-refractivity contribution in [2.45, 2.75) is 56.3 Å². The van der Waals surface area contributed by atoms with Crippen molar-refractivity contribution in [3.63, 3.8) is 0 Å². The zero-order valence-corrected chi connectivity index (χ0v) is 16.7. The van der Waals surface area contributed by atoms with Gasteiger partial charge in [0.2, 0.25) is 17.7 Å². The summed E-state index contributed by atoms with van der Waals surface area (Å²) in [5.74, 6) is -9.15. The molecule has 0 spiro atoms. The largest absolute Gasteiger partial charge is 0.481 e. The number of carbonyl (C=O) groups is 7. The molecule has 15 heteroatoms. The number of nitrogens with one attached hydrogen (secondary N) is 2. The Hall–Kier alpha value is -3.75. The van der Waals surface area contributed by atoms with Crippen LogP contribution in [0.15, 0.2) is 0 Å². The molecule has 1 aliphatic heterocycles. The fraction of sp³-hybridized carbons (Fsp3) is 0.588. The second-order valence-electron chi connectivity index (χ2n) is 7.05. The third-order valence-electron chi connectivity index (χ3n) is 4.56. The molecule has 0 unspecified atom stereocenters. The van der Waals surface area contributed by atoms with Gasteiger partial charge >= 0.3 is 23.9 Å². The van der Waals surface area contributed by atoms with Crippen LogP contribution in [0.1, 0.15) is 32.1 Å². The number of carbonyl (C=O) groups excluding carboxylic acids is 3. The maximum atomic E-state index is 12.7. The molecule has 8 N–H and O–H groups in total. The van der Waals surface area contributed by atoms with Crippen molar-refractivity contribution in [2.24, 2.45) is 5.73 Å². The molecule has 0 saturated carbocycles. The van der Waals surface area contributed by atoms with Crippen molar-refractivity contribution in [3.05, 3.63) is 0 Å². The summed E-state index contributed by atoms with van der Waals surface area (Å²) in [7, 11) is 0. The first-order valence-corrected chi connectivity index (χ1v) is 9.38. The van der Waals surface area contributed by atoms with Crippen LogP contribution in [-0.2, 0) is 33.6 Å². The number of nitrogens with zero attached hydrogens (tertiary/aromatic N) is 1. The van der Waals surface area contributed by atoms with Crippen LogP contribution in [-0.4, -0.2) is 97.6 Å². The summed E-state index contributed by atoms with van der Waals surface area (Å²) in [6.07, 6.45) is -2.24. The number of nitrogens with two attached hydrogens (primary N) is 1. The number of hydrogen-bond donors (Lipinski definition) is 7. The first kappa shape index (κ1) is 26.3. The zero-order valence-electron chi connectivity index (χ0n) is 16.7. The number of carboxylic acid groups (broad SMARTS) is 4. The van der Waals surface area contributed by atoms with E-state index in [0.29, 0.717) is 6.42 Å². The van der Waals surface area contributed by atoms with Gasteiger partial charge in [-0.05, 0) is 12.8 Å². The van der Waals surface area contributed by atoms with Crippen LogP contribution >= 0.6 is 0 Å². The quantitative estimate of drug-likeness (QED) is 0.152. The number of rotatable bonds is 12. The minimum Gasteiger partial charge on any atom is -0.481 e. The van der Waals surface area contributed by atoms with Crippen molar-refractivity contribution in [1.82, 2.24) is 15.5 Å². The highest BCUT2D eigenvalue weighted by Crippen LogP contribution is 2.19. The van der Waals surface area contributed by atoms with Gasteiger partial charge in [-0.1, -0.05) is 0 Å². The van der Waals surface area contributed by atoms with Gasteiger partial charge in [-0.3, -0.25) is 28.8 Å². The van der Waals surface area contributed by atoms with Gasteiger partial charge in [0.05, 0.1) is 25.3 Å². The Morgan fingerprint density at radius 2 is 1.31 bits per heavy atom. The first-order valence-electron chi connectivity index (χ1n) is 9.38. The van der Waals surface area contributed by atoms with Crippen LogP contribution in [0, 0.1) is 0 Å². The maximum Gasteiger partial charge on any atom is 0.326 e. The van der Waals surface area contributed by atoms with Crippen LogP contribution in [0.3, 0.4) is 0 Å². The van der Waals surface area contributed by atoms with Crippen molar-refractivity contribution in [1.29, 1.82) is 0 Å². The lowest BCUT2D eigenvalue weighted by molar-refractivity contribution is -0.151. The monoisotopic (exact) mass is 460 g/mol. The molecule has 32 heavy (non-hydrogen) atoms. The summed E-state index contributed by atoms with van der Waals surface area (Å²) in [6.45, 7) is 0.0150. The highest BCUT2D eigenvalue weighted by Gasteiger charge is 2.39. The highest BCUT2D eigenvalue weighted by atomic mass is 16.4. The number of carboxylic acids is 4. The summed E-state index contributed by atoms with van der Waals surface area (Å²) < 4.78 is 0. The normalized spacial score (nSPS) is 18.2. The zero-order chi connectivity index (χ0) is 24.6. The average Bonchev–Trinajstić information content (AvgIpc) is 3.15. The molecular formula is C17H24N4O11. The SMILES string of the molecule is N[C@@H](CC(=O)O)C(=O)N[C@@H](CC(=O)O)C(=O)N[C@@H](CC(=O)O)C(=O)N1CCC[C@H]1C(=O)O. The van der Waals surface area contributed by atoms with Gasteiger partial charge in [0.25, 0.3) is 0 Å². The minimum absolute atomic E-state index is 0.0150. The molecule has 1 heterocycles. The second-order valence-corrected chi connectivity index (χ2v) is 7.05. The second kappa shape index (κ2) is 11.6. The summed E-state index contributed by atoms with van der Waals surface area (Å²) in [5.41, 5.74) is 5.37. The summed E-state index contributed by atoms with van der Waals surface area (Å²) in [5, 5.41) is 40.0. The van der Waals surface area contributed by atoms with E-state index in [-0.39, 0.29) is 13.0 Å². The molecule has 178 valence electrons. The van der Waals surface area contributed by atoms with Crippen molar-refractivity contribution < 1.29 is 54.0 Å². The lowest BCUT2D eigenvalue weighted by Gasteiger charge is -2.28. The third-order valence-corrected chi connectivity index (χ3v) is 4.56. The van der Waals surface area contributed by atoms with Crippen molar-refractivity contribution in [2.75, 3.05) is 6.54 Å². The van der Waals surface area contributed by atoms with Crippen molar-refractivity contribution in [3.8, 4) is 0 Å². The third kappa shape index (κ3) is 7.82. The topological polar surface area (TPSA) is 254 Å². The van der Waals surface area contributed by atoms with E-state index in [9.17, 15) is 38.7 Å². The van der Waals surface area contributed by atoms with Gasteiger partial charge in [0.15, 0.2) is 0 Å². The average molecular weight is 460 g/mol. The molecule has 3 amide bonds. The van der Waals surface area contributed by atoms with E-state index in [0.717, 1.165) is 4.90 Å². The van der Waals surface area contributed by atoms with E-state index >= 15 is 0 Å². The van der Waals surface area contributed by atoms with Gasteiger partial charge in [-0.25, -0.2) is 4.79 Å². The van der Waals surface area contributed by atoms with Crippen LogP contribution in [0.25, 0.3) is 0 Å². The predicted octanol–water partition coefficient (Wildman–Crippen LogP) is -3.22. The Kier molecular flexibility index (Phi) is 9.52. The van der Waals surface area contributed by atoms with Gasteiger partial charge in [-0.15, -0.1) is 0 Å². The summed E-state index contributed by atoms with van der Waals surface area (Å²) >= 11 is 0. The molecule has 0 bridgehead atoms. The molecular weight excluding hydrogens is 436 g/mol. The Labute approximate surface area is 180 Å². The number of amides is 3.